The lowest BCUT2D eigenvalue weighted by Crippen LogP contribution is -2.22. The fraction of sp³-hybridized carbons (Fsp3) is 0.450. The lowest BCUT2D eigenvalue weighted by atomic mass is 9.88. The molecule has 27 heavy (non-hydrogen) atoms. The van der Waals surface area contributed by atoms with Crippen LogP contribution in [0.2, 0.25) is 5.02 Å². The predicted octanol–water partition coefficient (Wildman–Crippen LogP) is 4.21. The number of aliphatic hydroxyl groups is 1. The number of carbonyl (C=O) groups excluding carboxylic acids is 1. The van der Waals surface area contributed by atoms with Gasteiger partial charge < -0.3 is 20.9 Å². The minimum atomic E-state index is -0.755. The summed E-state index contributed by atoms with van der Waals surface area (Å²) in [6.07, 6.45) is 3.32. The number of hydrogen-bond acceptors (Lipinski definition) is 5. The molecule has 4 N–H and O–H groups in total. The van der Waals surface area contributed by atoms with Crippen molar-refractivity contribution in [2.75, 3.05) is 11.9 Å². The summed E-state index contributed by atoms with van der Waals surface area (Å²) in [7, 11) is 0. The van der Waals surface area contributed by atoms with Crippen LogP contribution < -0.4 is 15.8 Å². The average molecular weight is 409 g/mol. The number of ether oxygens (including phenoxy) is 1. The van der Waals surface area contributed by atoms with Crippen LogP contribution in [-0.2, 0) is 12.8 Å². The molecular formula is C20H25ClN2O3S. The molecule has 0 aliphatic heterocycles. The summed E-state index contributed by atoms with van der Waals surface area (Å²) in [5, 5.41) is 14.8. The number of halogens is 1. The van der Waals surface area contributed by atoms with Gasteiger partial charge in [-0.05, 0) is 67.9 Å². The Morgan fingerprint density at radius 1 is 1.44 bits per heavy atom. The molecular weight excluding hydrogens is 384 g/mol. The van der Waals surface area contributed by atoms with E-state index in [0.717, 1.165) is 30.6 Å². The lowest BCUT2D eigenvalue weighted by molar-refractivity contribution is 0.1000. The number of rotatable bonds is 8. The highest BCUT2D eigenvalue weighted by molar-refractivity contribution is 7.16. The van der Waals surface area contributed by atoms with Gasteiger partial charge in [-0.15, -0.1) is 11.3 Å². The standard InChI is InChI=1S/C20H25ClN2O3S/c1-12-4-9-15-16(11-12)27-20(18(15)19(22)25)23-17(24)3-2-10-26-14-7-5-13(21)6-8-14/h5-8,12,17,23-24H,2-4,9-11H2,1H3,(H2,22,25). The molecule has 2 unspecified atom stereocenters. The van der Waals surface area contributed by atoms with E-state index < -0.39 is 12.1 Å². The van der Waals surface area contributed by atoms with Crippen LogP contribution in [0, 0.1) is 5.92 Å². The summed E-state index contributed by atoms with van der Waals surface area (Å²) in [4.78, 5) is 13.1. The highest BCUT2D eigenvalue weighted by Gasteiger charge is 2.27. The van der Waals surface area contributed by atoms with Gasteiger partial charge in [0, 0.05) is 9.90 Å². The second-order valence-corrected chi connectivity index (χ2v) is 8.57. The highest BCUT2D eigenvalue weighted by atomic mass is 35.5. The quantitative estimate of drug-likeness (QED) is 0.451. The van der Waals surface area contributed by atoms with Gasteiger partial charge in [-0.25, -0.2) is 0 Å². The van der Waals surface area contributed by atoms with Crippen molar-refractivity contribution in [1.82, 2.24) is 0 Å². The van der Waals surface area contributed by atoms with Gasteiger partial charge in [0.2, 0.25) is 0 Å². The zero-order valence-electron chi connectivity index (χ0n) is 15.3. The van der Waals surface area contributed by atoms with E-state index in [-0.39, 0.29) is 0 Å². The number of anilines is 1. The maximum atomic E-state index is 11.9. The van der Waals surface area contributed by atoms with E-state index in [4.69, 9.17) is 22.1 Å². The number of benzene rings is 1. The number of nitrogens with one attached hydrogen (secondary N) is 1. The molecule has 1 aliphatic carbocycles. The van der Waals surface area contributed by atoms with Gasteiger partial charge in [0.25, 0.3) is 5.91 Å². The Hall–Kier alpha value is -1.76. The number of thiophene rings is 1. The van der Waals surface area contributed by atoms with Gasteiger partial charge in [0.15, 0.2) is 0 Å². The van der Waals surface area contributed by atoms with Crippen LogP contribution in [0.3, 0.4) is 0 Å². The van der Waals surface area contributed by atoms with Gasteiger partial charge in [0.05, 0.1) is 12.2 Å². The Labute approximate surface area is 168 Å². The largest absolute Gasteiger partial charge is 0.494 e. The number of fused-ring (bicyclic) bond motifs is 1. The molecule has 5 nitrogen and oxygen atoms in total. The molecule has 0 bridgehead atoms. The molecule has 0 saturated carbocycles. The summed E-state index contributed by atoms with van der Waals surface area (Å²) in [6.45, 7) is 2.71. The first kappa shape index (κ1) is 20.0. The second kappa shape index (κ2) is 8.95. The first-order valence-corrected chi connectivity index (χ1v) is 10.4. The van der Waals surface area contributed by atoms with Crippen molar-refractivity contribution < 1.29 is 14.6 Å². The molecule has 2 aromatic rings. The monoisotopic (exact) mass is 408 g/mol. The van der Waals surface area contributed by atoms with Crippen LogP contribution in [0.15, 0.2) is 24.3 Å². The SMILES string of the molecule is CC1CCc2c(sc(NC(O)CCCOc3ccc(Cl)cc3)c2C(N)=O)C1. The number of nitrogens with two attached hydrogens (primary N) is 1. The first-order valence-electron chi connectivity index (χ1n) is 9.21. The smallest absolute Gasteiger partial charge is 0.251 e. The van der Waals surface area contributed by atoms with E-state index in [1.165, 1.54) is 4.88 Å². The predicted molar refractivity (Wildman–Crippen MR) is 110 cm³/mol. The molecule has 1 aromatic carbocycles. The molecule has 3 rings (SSSR count). The van der Waals surface area contributed by atoms with E-state index in [0.29, 0.717) is 41.0 Å². The molecule has 1 aromatic heterocycles. The minimum Gasteiger partial charge on any atom is -0.494 e. The number of carbonyl (C=O) groups is 1. The Bertz CT molecular complexity index is 791. The molecule has 1 aliphatic rings. The fourth-order valence-electron chi connectivity index (χ4n) is 3.33. The van der Waals surface area contributed by atoms with Gasteiger partial charge in [0.1, 0.15) is 17.0 Å². The molecule has 0 fully saturated rings. The summed E-state index contributed by atoms with van der Waals surface area (Å²) in [5.74, 6) is 0.931. The zero-order chi connectivity index (χ0) is 19.4. The van der Waals surface area contributed by atoms with Crippen molar-refractivity contribution in [1.29, 1.82) is 0 Å². The van der Waals surface area contributed by atoms with Crippen molar-refractivity contribution in [3.63, 3.8) is 0 Å². The van der Waals surface area contributed by atoms with Crippen molar-refractivity contribution in [3.05, 3.63) is 45.3 Å². The third-order valence-corrected chi connectivity index (χ3v) is 6.20. The normalized spacial score (nSPS) is 17.2. The molecule has 1 heterocycles. The van der Waals surface area contributed by atoms with Crippen molar-refractivity contribution in [3.8, 4) is 5.75 Å². The molecule has 0 saturated heterocycles. The van der Waals surface area contributed by atoms with Crippen molar-refractivity contribution >= 4 is 33.8 Å². The van der Waals surface area contributed by atoms with Crippen LogP contribution in [0.25, 0.3) is 0 Å². The number of aliphatic hydroxyl groups excluding tert-OH is 1. The van der Waals surface area contributed by atoms with E-state index in [2.05, 4.69) is 12.2 Å². The van der Waals surface area contributed by atoms with E-state index >= 15 is 0 Å². The maximum absolute atomic E-state index is 11.9. The minimum absolute atomic E-state index is 0.428. The van der Waals surface area contributed by atoms with Gasteiger partial charge in [-0.3, -0.25) is 4.79 Å². The maximum Gasteiger partial charge on any atom is 0.251 e. The Morgan fingerprint density at radius 2 is 2.19 bits per heavy atom. The Balaban J connectivity index is 1.53. The summed E-state index contributed by atoms with van der Waals surface area (Å²) < 4.78 is 5.63. The number of hydrogen-bond donors (Lipinski definition) is 3. The van der Waals surface area contributed by atoms with Crippen LogP contribution >= 0.6 is 22.9 Å². The van der Waals surface area contributed by atoms with Crippen molar-refractivity contribution in [2.24, 2.45) is 11.7 Å². The molecule has 0 spiro atoms. The molecule has 2 atom stereocenters. The molecule has 1 amide bonds. The number of amides is 1. The van der Waals surface area contributed by atoms with E-state index in [1.54, 1.807) is 23.5 Å². The second-order valence-electron chi connectivity index (χ2n) is 7.02. The Kier molecular flexibility index (Phi) is 6.63. The molecule has 0 radical (unpaired) electrons. The number of primary amides is 1. The van der Waals surface area contributed by atoms with Gasteiger partial charge >= 0.3 is 0 Å². The summed E-state index contributed by atoms with van der Waals surface area (Å²) in [5.41, 5.74) is 7.22. The fourth-order valence-corrected chi connectivity index (χ4v) is 4.92. The van der Waals surface area contributed by atoms with Crippen LogP contribution in [0.5, 0.6) is 5.75 Å². The lowest BCUT2D eigenvalue weighted by Gasteiger charge is -2.18. The zero-order valence-corrected chi connectivity index (χ0v) is 16.9. The summed E-state index contributed by atoms with van der Waals surface area (Å²) in [6, 6.07) is 7.18. The third-order valence-electron chi connectivity index (χ3n) is 4.76. The van der Waals surface area contributed by atoms with Crippen molar-refractivity contribution in [2.45, 2.75) is 45.3 Å². The molecule has 146 valence electrons. The highest BCUT2D eigenvalue weighted by Crippen LogP contribution is 2.39. The topological polar surface area (TPSA) is 84.6 Å². The third kappa shape index (κ3) is 5.15. The van der Waals surface area contributed by atoms with Crippen LogP contribution in [0.4, 0.5) is 5.00 Å². The average Bonchev–Trinajstić information content (AvgIpc) is 2.97. The first-order chi connectivity index (χ1) is 12.9. The Morgan fingerprint density at radius 3 is 2.89 bits per heavy atom. The van der Waals surface area contributed by atoms with E-state index in [1.807, 2.05) is 12.1 Å². The van der Waals surface area contributed by atoms with Gasteiger partial charge in [-0.2, -0.15) is 0 Å². The van der Waals surface area contributed by atoms with E-state index in [9.17, 15) is 9.90 Å². The van der Waals surface area contributed by atoms with Crippen LogP contribution in [-0.4, -0.2) is 23.8 Å². The van der Waals surface area contributed by atoms with Gasteiger partial charge in [-0.1, -0.05) is 18.5 Å². The summed E-state index contributed by atoms with van der Waals surface area (Å²) >= 11 is 7.39. The van der Waals surface area contributed by atoms with Crippen LogP contribution in [0.1, 0.15) is 47.0 Å². The molecule has 7 heteroatoms.